The molecule has 0 radical (unpaired) electrons. The fraction of sp³-hybridized carbons (Fsp3) is 0.733. The van der Waals surface area contributed by atoms with E-state index in [-0.39, 0.29) is 0 Å². The molecule has 2 unspecified atom stereocenters. The summed E-state index contributed by atoms with van der Waals surface area (Å²) in [6.45, 7) is 6.74. The van der Waals surface area contributed by atoms with Crippen LogP contribution in [-0.2, 0) is 17.8 Å². The van der Waals surface area contributed by atoms with Gasteiger partial charge in [0.25, 0.3) is 0 Å². The Morgan fingerprint density at radius 1 is 1.32 bits per heavy atom. The molecule has 0 spiro atoms. The largest absolute Gasteiger partial charge is 0.463 e. The molecule has 2 aliphatic rings. The molecule has 0 amide bonds. The van der Waals surface area contributed by atoms with Crippen molar-refractivity contribution in [1.82, 2.24) is 10.2 Å². The lowest BCUT2D eigenvalue weighted by atomic mass is 10.1. The SMILES string of the molecule is CCNCc1ccc(CN2CCOC3CCCC32)o1. The summed E-state index contributed by atoms with van der Waals surface area (Å²) in [7, 11) is 0. The zero-order chi connectivity index (χ0) is 13.1. The maximum atomic E-state index is 5.89. The second-order valence-electron chi connectivity index (χ2n) is 5.53. The topological polar surface area (TPSA) is 37.6 Å². The van der Waals surface area contributed by atoms with Crippen LogP contribution in [0.4, 0.5) is 0 Å². The molecule has 0 aromatic carbocycles. The Kier molecular flexibility index (Phi) is 4.21. The number of ether oxygens (including phenoxy) is 1. The fourth-order valence-electron chi connectivity index (χ4n) is 3.25. The van der Waals surface area contributed by atoms with Crippen LogP contribution in [0.5, 0.6) is 0 Å². The molecule has 1 N–H and O–H groups in total. The van der Waals surface area contributed by atoms with Gasteiger partial charge in [0, 0.05) is 12.6 Å². The van der Waals surface area contributed by atoms with Crippen LogP contribution in [0, 0.1) is 0 Å². The van der Waals surface area contributed by atoms with E-state index in [1.165, 1.54) is 19.3 Å². The number of hydrogen-bond acceptors (Lipinski definition) is 4. The van der Waals surface area contributed by atoms with Crippen molar-refractivity contribution in [3.8, 4) is 0 Å². The van der Waals surface area contributed by atoms with Crippen LogP contribution >= 0.6 is 0 Å². The second-order valence-corrected chi connectivity index (χ2v) is 5.53. The van der Waals surface area contributed by atoms with Crippen LogP contribution in [0.1, 0.15) is 37.7 Å². The first kappa shape index (κ1) is 13.2. The van der Waals surface area contributed by atoms with Crippen molar-refractivity contribution in [3.63, 3.8) is 0 Å². The summed E-state index contributed by atoms with van der Waals surface area (Å²) in [6, 6.07) is 4.81. The van der Waals surface area contributed by atoms with Gasteiger partial charge in [-0.25, -0.2) is 0 Å². The molecule has 106 valence electrons. The third-order valence-electron chi connectivity index (χ3n) is 4.22. The molecule has 4 heteroatoms. The van der Waals surface area contributed by atoms with E-state index in [1.54, 1.807) is 0 Å². The summed E-state index contributed by atoms with van der Waals surface area (Å²) >= 11 is 0. The fourth-order valence-corrected chi connectivity index (χ4v) is 3.25. The van der Waals surface area contributed by atoms with Crippen LogP contribution in [0.25, 0.3) is 0 Å². The standard InChI is InChI=1S/C15H24N2O2/c1-2-16-10-12-6-7-13(19-12)11-17-8-9-18-15-5-3-4-14(15)17/h6-7,14-16H,2-5,8-11H2,1H3. The highest BCUT2D eigenvalue weighted by atomic mass is 16.5. The number of nitrogens with zero attached hydrogens (tertiary/aromatic N) is 1. The Morgan fingerprint density at radius 3 is 3.11 bits per heavy atom. The number of fused-ring (bicyclic) bond motifs is 1. The summed E-state index contributed by atoms with van der Waals surface area (Å²) in [5, 5.41) is 3.29. The Labute approximate surface area is 115 Å². The first-order valence-corrected chi connectivity index (χ1v) is 7.51. The summed E-state index contributed by atoms with van der Waals surface area (Å²) in [5.41, 5.74) is 0. The minimum Gasteiger partial charge on any atom is -0.463 e. The maximum absolute atomic E-state index is 5.89. The van der Waals surface area contributed by atoms with E-state index in [9.17, 15) is 0 Å². The van der Waals surface area contributed by atoms with Gasteiger partial charge in [0.2, 0.25) is 0 Å². The Balaban J connectivity index is 1.59. The van der Waals surface area contributed by atoms with Crippen molar-refractivity contribution >= 4 is 0 Å². The third kappa shape index (κ3) is 3.02. The third-order valence-corrected chi connectivity index (χ3v) is 4.22. The number of rotatable bonds is 5. The molecule has 1 aliphatic carbocycles. The lowest BCUT2D eigenvalue weighted by Gasteiger charge is -2.37. The Bertz CT molecular complexity index is 405. The van der Waals surface area contributed by atoms with E-state index < -0.39 is 0 Å². The summed E-state index contributed by atoms with van der Waals surface area (Å²) in [4.78, 5) is 2.54. The molecule has 2 fully saturated rings. The van der Waals surface area contributed by atoms with E-state index in [2.05, 4.69) is 29.3 Å². The number of hydrogen-bond donors (Lipinski definition) is 1. The van der Waals surface area contributed by atoms with Crippen LogP contribution in [0.3, 0.4) is 0 Å². The minimum atomic E-state index is 0.463. The van der Waals surface area contributed by atoms with Gasteiger partial charge in [-0.1, -0.05) is 6.92 Å². The molecule has 1 saturated heterocycles. The molecular weight excluding hydrogens is 240 g/mol. The average molecular weight is 264 g/mol. The lowest BCUT2D eigenvalue weighted by Crippen LogP contribution is -2.47. The van der Waals surface area contributed by atoms with Crippen LogP contribution in [0.15, 0.2) is 16.5 Å². The molecule has 1 saturated carbocycles. The molecule has 1 aliphatic heterocycles. The van der Waals surface area contributed by atoms with Crippen LogP contribution in [-0.4, -0.2) is 36.7 Å². The van der Waals surface area contributed by atoms with Gasteiger partial charge in [0.1, 0.15) is 11.5 Å². The number of furan rings is 1. The Morgan fingerprint density at radius 2 is 2.21 bits per heavy atom. The lowest BCUT2D eigenvalue weighted by molar-refractivity contribution is -0.0607. The van der Waals surface area contributed by atoms with E-state index in [1.807, 2.05) is 0 Å². The van der Waals surface area contributed by atoms with E-state index in [0.29, 0.717) is 12.1 Å². The monoisotopic (exact) mass is 264 g/mol. The van der Waals surface area contributed by atoms with E-state index >= 15 is 0 Å². The zero-order valence-electron chi connectivity index (χ0n) is 11.7. The van der Waals surface area contributed by atoms with Crippen molar-refractivity contribution in [2.75, 3.05) is 19.7 Å². The molecule has 3 rings (SSSR count). The predicted molar refractivity (Wildman–Crippen MR) is 73.9 cm³/mol. The highest BCUT2D eigenvalue weighted by molar-refractivity contribution is 5.08. The normalized spacial score (nSPS) is 27.6. The van der Waals surface area contributed by atoms with Crippen LogP contribution < -0.4 is 5.32 Å². The van der Waals surface area contributed by atoms with Crippen molar-refractivity contribution < 1.29 is 9.15 Å². The predicted octanol–water partition coefficient (Wildman–Crippen LogP) is 2.14. The second kappa shape index (κ2) is 6.07. The van der Waals surface area contributed by atoms with Crippen molar-refractivity contribution in [2.45, 2.75) is 51.4 Å². The minimum absolute atomic E-state index is 0.463. The van der Waals surface area contributed by atoms with Gasteiger partial charge < -0.3 is 14.5 Å². The molecule has 1 aromatic rings. The quantitative estimate of drug-likeness (QED) is 0.884. The highest BCUT2D eigenvalue weighted by Gasteiger charge is 2.36. The Hall–Kier alpha value is -0.840. The summed E-state index contributed by atoms with van der Waals surface area (Å²) in [5.74, 6) is 2.12. The smallest absolute Gasteiger partial charge is 0.118 e. The number of nitrogens with one attached hydrogen (secondary N) is 1. The molecule has 2 heterocycles. The van der Waals surface area contributed by atoms with E-state index in [4.69, 9.17) is 9.15 Å². The van der Waals surface area contributed by atoms with Gasteiger partial charge in [-0.05, 0) is 37.9 Å². The molecule has 4 nitrogen and oxygen atoms in total. The molecule has 19 heavy (non-hydrogen) atoms. The van der Waals surface area contributed by atoms with Gasteiger partial charge in [0.15, 0.2) is 0 Å². The van der Waals surface area contributed by atoms with Crippen LogP contribution in [0.2, 0.25) is 0 Å². The first-order chi connectivity index (χ1) is 9.36. The van der Waals surface area contributed by atoms with Gasteiger partial charge >= 0.3 is 0 Å². The zero-order valence-corrected chi connectivity index (χ0v) is 11.7. The molecule has 1 aromatic heterocycles. The molecular formula is C15H24N2O2. The maximum Gasteiger partial charge on any atom is 0.118 e. The number of morpholine rings is 1. The molecule has 2 atom stereocenters. The van der Waals surface area contributed by atoms with Gasteiger partial charge in [0.05, 0.1) is 25.8 Å². The van der Waals surface area contributed by atoms with E-state index in [0.717, 1.165) is 44.3 Å². The van der Waals surface area contributed by atoms with Crippen molar-refractivity contribution in [1.29, 1.82) is 0 Å². The highest BCUT2D eigenvalue weighted by Crippen LogP contribution is 2.30. The average Bonchev–Trinajstić information content (AvgIpc) is 3.05. The molecule has 0 bridgehead atoms. The van der Waals surface area contributed by atoms with Crippen molar-refractivity contribution in [2.24, 2.45) is 0 Å². The van der Waals surface area contributed by atoms with Gasteiger partial charge in [-0.15, -0.1) is 0 Å². The van der Waals surface area contributed by atoms with Crippen molar-refractivity contribution in [3.05, 3.63) is 23.7 Å². The van der Waals surface area contributed by atoms with Gasteiger partial charge in [-0.2, -0.15) is 0 Å². The van der Waals surface area contributed by atoms with Gasteiger partial charge in [-0.3, -0.25) is 4.90 Å². The summed E-state index contributed by atoms with van der Waals surface area (Å²) in [6.07, 6.45) is 4.26. The first-order valence-electron chi connectivity index (χ1n) is 7.51. The summed E-state index contributed by atoms with van der Waals surface area (Å²) < 4.78 is 11.7.